The predicted octanol–water partition coefficient (Wildman–Crippen LogP) is 2.93. The fourth-order valence-corrected chi connectivity index (χ4v) is 3.86. The number of hydrazine groups is 1. The number of nitrogens with one attached hydrogen (secondary N) is 1. The third-order valence-corrected chi connectivity index (χ3v) is 6.10. The minimum absolute atomic E-state index is 0.248. The minimum atomic E-state index is -1.11. The largest absolute Gasteiger partial charge is 0.495 e. The van der Waals surface area contributed by atoms with Gasteiger partial charge < -0.3 is 14.4 Å². The lowest BCUT2D eigenvalue weighted by atomic mass is 9.77. The van der Waals surface area contributed by atoms with Gasteiger partial charge in [0.2, 0.25) is 0 Å². The van der Waals surface area contributed by atoms with E-state index in [0.717, 1.165) is 11.1 Å². The van der Waals surface area contributed by atoms with Crippen LogP contribution in [0.15, 0.2) is 30.3 Å². The molecule has 0 saturated carbocycles. The standard InChI is InChI=1S/C25H33BN2O5/c1-15-12-16(2)14-19(13-15)24(30)28(18(4)25(5,6)7)27-23(29)20-8-9-21-22(17(20)3)32-10-11-33-26(21)31/h8-9,12-14,18,31H,10-11H2,1-7H3,(H,27,29). The molecular formula is C25H33BN2O5. The highest BCUT2D eigenvalue weighted by molar-refractivity contribution is 6.61. The van der Waals surface area contributed by atoms with Gasteiger partial charge in [-0.2, -0.15) is 0 Å². The Morgan fingerprint density at radius 3 is 2.33 bits per heavy atom. The summed E-state index contributed by atoms with van der Waals surface area (Å²) in [6.07, 6.45) is 0. The molecular weight excluding hydrogens is 419 g/mol. The number of hydrogen-bond donors (Lipinski definition) is 2. The first-order valence-electron chi connectivity index (χ1n) is 11.2. The normalized spacial score (nSPS) is 14.6. The Bertz CT molecular complexity index is 1040. The quantitative estimate of drug-likeness (QED) is 0.553. The summed E-state index contributed by atoms with van der Waals surface area (Å²) in [5.74, 6) is -0.263. The molecule has 0 saturated heterocycles. The predicted molar refractivity (Wildman–Crippen MR) is 129 cm³/mol. The highest BCUT2D eigenvalue weighted by atomic mass is 16.6. The van der Waals surface area contributed by atoms with E-state index in [9.17, 15) is 14.6 Å². The van der Waals surface area contributed by atoms with Crippen LogP contribution in [0.3, 0.4) is 0 Å². The second-order valence-electron chi connectivity index (χ2n) is 9.76. The summed E-state index contributed by atoms with van der Waals surface area (Å²) < 4.78 is 11.0. The minimum Gasteiger partial charge on any atom is -0.491 e. The average molecular weight is 452 g/mol. The number of rotatable bonds is 3. The summed E-state index contributed by atoms with van der Waals surface area (Å²) in [6.45, 7) is 14.1. The van der Waals surface area contributed by atoms with Crippen molar-refractivity contribution in [3.63, 3.8) is 0 Å². The molecule has 2 N–H and O–H groups in total. The molecule has 1 atom stereocenters. The lowest BCUT2D eigenvalue weighted by Gasteiger charge is -2.38. The molecule has 2 aromatic rings. The van der Waals surface area contributed by atoms with E-state index in [-0.39, 0.29) is 30.6 Å². The van der Waals surface area contributed by atoms with E-state index in [1.165, 1.54) is 5.01 Å². The number of ether oxygens (including phenoxy) is 1. The maximum absolute atomic E-state index is 13.5. The first kappa shape index (κ1) is 24.8. The van der Waals surface area contributed by atoms with Crippen LogP contribution in [0.5, 0.6) is 5.75 Å². The van der Waals surface area contributed by atoms with Crippen molar-refractivity contribution in [3.8, 4) is 5.75 Å². The van der Waals surface area contributed by atoms with Crippen molar-refractivity contribution in [1.29, 1.82) is 0 Å². The topological polar surface area (TPSA) is 88.1 Å². The maximum Gasteiger partial charge on any atom is 0.495 e. The van der Waals surface area contributed by atoms with E-state index in [1.54, 1.807) is 19.1 Å². The van der Waals surface area contributed by atoms with Crippen LogP contribution in [-0.4, -0.2) is 48.2 Å². The van der Waals surface area contributed by atoms with Crippen molar-refractivity contribution < 1.29 is 24.0 Å². The van der Waals surface area contributed by atoms with Gasteiger partial charge in [-0.25, -0.2) is 5.01 Å². The van der Waals surface area contributed by atoms with Crippen molar-refractivity contribution in [1.82, 2.24) is 10.4 Å². The zero-order chi connectivity index (χ0) is 24.5. The van der Waals surface area contributed by atoms with Crippen LogP contribution >= 0.6 is 0 Å². The molecule has 3 rings (SSSR count). The molecule has 33 heavy (non-hydrogen) atoms. The Labute approximate surface area is 196 Å². The first-order valence-corrected chi connectivity index (χ1v) is 11.2. The van der Waals surface area contributed by atoms with E-state index < -0.39 is 13.0 Å². The van der Waals surface area contributed by atoms with Crippen molar-refractivity contribution in [2.45, 2.75) is 54.5 Å². The zero-order valence-corrected chi connectivity index (χ0v) is 20.5. The van der Waals surface area contributed by atoms with Crippen LogP contribution in [0, 0.1) is 26.2 Å². The van der Waals surface area contributed by atoms with Gasteiger partial charge in [0.15, 0.2) is 0 Å². The van der Waals surface area contributed by atoms with Gasteiger partial charge in [-0.05, 0) is 51.3 Å². The molecule has 1 aliphatic heterocycles. The Kier molecular flexibility index (Phi) is 7.19. The van der Waals surface area contributed by atoms with Crippen LogP contribution in [0.4, 0.5) is 0 Å². The molecule has 0 bridgehead atoms. The van der Waals surface area contributed by atoms with Crippen molar-refractivity contribution >= 4 is 24.4 Å². The summed E-state index contributed by atoms with van der Waals surface area (Å²) in [6, 6.07) is 8.61. The third-order valence-electron chi connectivity index (χ3n) is 6.10. The fraction of sp³-hybridized carbons (Fsp3) is 0.440. The van der Waals surface area contributed by atoms with Gasteiger partial charge in [-0.15, -0.1) is 0 Å². The van der Waals surface area contributed by atoms with Gasteiger partial charge >= 0.3 is 7.12 Å². The SMILES string of the molecule is Cc1cc(C)cc(C(=O)N(NC(=O)c2ccc3c(c2C)OCCOB3O)C(C)C(C)(C)C)c1. The van der Waals surface area contributed by atoms with E-state index in [0.29, 0.717) is 27.9 Å². The molecule has 1 heterocycles. The molecule has 2 amide bonds. The van der Waals surface area contributed by atoms with Crippen LogP contribution in [-0.2, 0) is 4.65 Å². The van der Waals surface area contributed by atoms with Crippen LogP contribution in [0.25, 0.3) is 0 Å². The summed E-state index contributed by atoms with van der Waals surface area (Å²) in [7, 11) is -1.11. The molecule has 2 aromatic carbocycles. The average Bonchev–Trinajstić information content (AvgIpc) is 2.91. The van der Waals surface area contributed by atoms with E-state index in [2.05, 4.69) is 5.43 Å². The van der Waals surface area contributed by atoms with Gasteiger partial charge in [0.25, 0.3) is 11.8 Å². The van der Waals surface area contributed by atoms with Gasteiger partial charge in [-0.3, -0.25) is 15.0 Å². The summed E-state index contributed by atoms with van der Waals surface area (Å²) in [5, 5.41) is 11.6. The smallest absolute Gasteiger partial charge is 0.491 e. The number of amides is 2. The maximum atomic E-state index is 13.5. The molecule has 1 aliphatic rings. The number of nitrogens with zero attached hydrogens (tertiary/aromatic N) is 1. The Hall–Kier alpha value is -2.84. The van der Waals surface area contributed by atoms with Gasteiger partial charge in [0, 0.05) is 22.2 Å². The summed E-state index contributed by atoms with van der Waals surface area (Å²) in [4.78, 5) is 26.9. The van der Waals surface area contributed by atoms with E-state index >= 15 is 0 Å². The number of carbonyl (C=O) groups excluding carboxylic acids is 2. The number of fused-ring (bicyclic) bond motifs is 1. The molecule has 0 spiro atoms. The molecule has 0 radical (unpaired) electrons. The highest BCUT2D eigenvalue weighted by Gasteiger charge is 2.33. The first-order chi connectivity index (χ1) is 15.4. The van der Waals surface area contributed by atoms with Crippen molar-refractivity contribution in [3.05, 3.63) is 58.1 Å². The molecule has 0 fully saturated rings. The van der Waals surface area contributed by atoms with Gasteiger partial charge in [0.05, 0.1) is 12.6 Å². The van der Waals surface area contributed by atoms with Crippen LogP contribution in [0.2, 0.25) is 0 Å². The van der Waals surface area contributed by atoms with Gasteiger partial charge in [-0.1, -0.05) is 44.0 Å². The van der Waals surface area contributed by atoms with Gasteiger partial charge in [0.1, 0.15) is 12.4 Å². The summed E-state index contributed by atoms with van der Waals surface area (Å²) >= 11 is 0. The molecule has 0 aliphatic carbocycles. The second kappa shape index (κ2) is 9.57. The number of aryl methyl sites for hydroxylation is 2. The molecule has 7 nitrogen and oxygen atoms in total. The zero-order valence-electron chi connectivity index (χ0n) is 20.5. The second-order valence-corrected chi connectivity index (χ2v) is 9.76. The van der Waals surface area contributed by atoms with E-state index in [1.807, 2.05) is 59.7 Å². The number of carbonyl (C=O) groups is 2. The molecule has 1 unspecified atom stereocenters. The third kappa shape index (κ3) is 5.39. The molecule has 176 valence electrons. The summed E-state index contributed by atoms with van der Waals surface area (Å²) in [5.41, 5.74) is 6.47. The molecule has 0 aromatic heterocycles. The fourth-order valence-electron chi connectivity index (χ4n) is 3.86. The highest BCUT2D eigenvalue weighted by Crippen LogP contribution is 2.26. The van der Waals surface area contributed by atoms with E-state index in [4.69, 9.17) is 9.39 Å². The van der Waals surface area contributed by atoms with Crippen LogP contribution < -0.4 is 15.6 Å². The number of benzene rings is 2. The van der Waals surface area contributed by atoms with Crippen LogP contribution in [0.1, 0.15) is 65.1 Å². The lowest BCUT2D eigenvalue weighted by molar-refractivity contribution is 0.0336. The Morgan fingerprint density at radius 2 is 1.73 bits per heavy atom. The monoisotopic (exact) mass is 452 g/mol. The lowest BCUT2D eigenvalue weighted by Crippen LogP contribution is -2.55. The Morgan fingerprint density at radius 1 is 1.09 bits per heavy atom. The van der Waals surface area contributed by atoms with Crippen molar-refractivity contribution in [2.75, 3.05) is 13.2 Å². The van der Waals surface area contributed by atoms with Crippen molar-refractivity contribution in [2.24, 2.45) is 5.41 Å². The Balaban J connectivity index is 1.97. The number of hydrogen-bond acceptors (Lipinski definition) is 5. The molecule has 8 heteroatoms.